The fraction of sp³-hybridized carbons (Fsp3) is 0.688. The molecule has 1 aromatic heterocycles. The van der Waals surface area contributed by atoms with Crippen LogP contribution in [-0.2, 0) is 123 Å². The standard InChI is InChI=1S/C16H22O7S.C10H16O5.C9H16O5.C9H16O4.C7H7ClO2S.C5H10O5.C4H4FN3O.C4H6O3.B.Na.H/c1-10-5-7-11(8-6-10)24(17,18)20-9-12-13-14(15(19-4)21-12)23-16(2,3)22-13;1-5-6(2)13-10(15-8(4)12)9(5)14-7(3)11;1-9(2)13-6-5(4-10)12-8(11-3)7(6)14-9;1-5-6-7(8(10-4)11-5)13-9(2,3)12-6;1-6-2-4-7(5-3-6)11(8,9)10;6-1-2-3(7)4(8)5(9)10-2;5-2-1-7-4(9)8-3(2)6;1-3(5)7-4(2)6;;;/h5-8,12-15H,9H2,1-4H3;5-6,9-10H,1-4H3;5-8,10H,4H2,1-3H3;5-8H,1-4H3;2-5H,1H3;2-9H,1H2;1H,(H3,6,7,8,9);1-2H3;;;/q;;;;;;;;;+1;-1. The number of nitrogen functional groups attached to an aromatic ring is 1. The molecule has 3 radical (unpaired) electrons. The molecule has 0 saturated carbocycles. The second-order valence-corrected chi connectivity index (χ2v) is 29.4. The number of carbonyl (C=O) groups excluding carboxylic acids is 4. The molecule has 8 fully saturated rings. The molecule has 8 aliphatic rings. The van der Waals surface area contributed by atoms with Crippen LogP contribution < -0.4 is 41.0 Å². The number of esters is 4. The van der Waals surface area contributed by atoms with Crippen LogP contribution in [0.15, 0.2) is 69.3 Å². The van der Waals surface area contributed by atoms with Crippen molar-refractivity contribution < 1.29 is 182 Å². The van der Waals surface area contributed by atoms with E-state index in [9.17, 15) is 45.2 Å². The quantitative estimate of drug-likeness (QED) is 0.0282. The Bertz CT molecular complexity index is 3480. The van der Waals surface area contributed by atoms with Crippen LogP contribution in [0.4, 0.5) is 10.2 Å². The number of carbonyl (C=O) groups is 4. The van der Waals surface area contributed by atoms with Crippen LogP contribution >= 0.6 is 10.7 Å². The molecule has 41 heteroatoms. The number of halogens is 2. The smallest absolute Gasteiger partial charge is 1.00 e. The van der Waals surface area contributed by atoms with E-state index in [1.54, 1.807) is 52.3 Å². The van der Waals surface area contributed by atoms with Crippen molar-refractivity contribution >= 4 is 68.0 Å². The van der Waals surface area contributed by atoms with Gasteiger partial charge in [0.25, 0.3) is 19.2 Å². The van der Waals surface area contributed by atoms with Crippen molar-refractivity contribution in [3.63, 3.8) is 0 Å². The summed E-state index contributed by atoms with van der Waals surface area (Å²) in [6.07, 6.45) is -9.07. The number of anilines is 1. The van der Waals surface area contributed by atoms with Gasteiger partial charge < -0.3 is 113 Å². The number of nitrogens with two attached hydrogens (primary N) is 1. The Labute approximate surface area is 638 Å². The molecule has 9 heterocycles. The van der Waals surface area contributed by atoms with E-state index in [2.05, 4.69) is 14.5 Å². The minimum atomic E-state index is -3.86. The number of hydrogen-bond acceptors (Lipinski definition) is 34. The molecule has 0 amide bonds. The van der Waals surface area contributed by atoms with E-state index in [1.807, 2.05) is 67.3 Å². The van der Waals surface area contributed by atoms with Crippen LogP contribution in [0, 0.1) is 25.6 Å². The van der Waals surface area contributed by atoms with Crippen molar-refractivity contribution in [1.29, 1.82) is 0 Å². The average molecular weight is 1570 g/mol. The van der Waals surface area contributed by atoms with Gasteiger partial charge in [-0.15, -0.1) is 0 Å². The summed E-state index contributed by atoms with van der Waals surface area (Å²) in [5.74, 6) is -4.86. The summed E-state index contributed by atoms with van der Waals surface area (Å²) in [6.45, 7) is 24.9. The number of aromatic amines is 1. The number of benzene rings is 2. The van der Waals surface area contributed by atoms with Crippen LogP contribution in [-0.4, -0.2) is 260 Å². The molecule has 2 aromatic carbocycles. The number of methoxy groups -OCH3 is 3. The number of H-pyrrole nitrogens is 1. The van der Waals surface area contributed by atoms with Gasteiger partial charge in [-0.2, -0.15) is 13.4 Å². The molecule has 0 spiro atoms. The van der Waals surface area contributed by atoms with Gasteiger partial charge in [0.15, 0.2) is 54.4 Å². The number of ether oxygens (including phenoxy) is 17. The maximum absolute atomic E-state index is 12.3. The first-order valence-corrected chi connectivity index (χ1v) is 35.6. The van der Waals surface area contributed by atoms with E-state index < -0.39 is 146 Å². The molecule has 8 saturated heterocycles. The molecular formula is C64H98BClFN3NaO32S2. The molecule has 0 aliphatic carbocycles. The fourth-order valence-corrected chi connectivity index (χ4v) is 12.2. The zero-order valence-corrected chi connectivity index (χ0v) is 66.2. The topological polar surface area (TPSA) is 476 Å². The van der Waals surface area contributed by atoms with Gasteiger partial charge >= 0.3 is 59.1 Å². The number of aliphatic hydroxyl groups excluding tert-OH is 5. The normalized spacial score (nSPS) is 31.4. The van der Waals surface area contributed by atoms with Gasteiger partial charge in [0.05, 0.1) is 48.0 Å². The van der Waals surface area contributed by atoms with Crippen LogP contribution in [0.25, 0.3) is 0 Å². The number of nitrogens with zero attached hydrogens (tertiary/aromatic N) is 1. The first-order chi connectivity index (χ1) is 47.7. The van der Waals surface area contributed by atoms with E-state index in [0.29, 0.717) is 0 Å². The third-order valence-electron chi connectivity index (χ3n) is 15.4. The molecule has 105 heavy (non-hydrogen) atoms. The Morgan fingerprint density at radius 3 is 1.36 bits per heavy atom. The van der Waals surface area contributed by atoms with Gasteiger partial charge in [0.2, 0.25) is 6.29 Å². The first kappa shape index (κ1) is 96.7. The zero-order valence-electron chi connectivity index (χ0n) is 62.8. The van der Waals surface area contributed by atoms with Crippen molar-refractivity contribution in [2.75, 3.05) is 46.9 Å². The van der Waals surface area contributed by atoms with Gasteiger partial charge in [-0.3, -0.25) is 28.3 Å². The largest absolute Gasteiger partial charge is 1.00 e. The van der Waals surface area contributed by atoms with Crippen molar-refractivity contribution in [2.45, 2.75) is 248 Å². The Kier molecular flexibility index (Phi) is 39.3. The number of aliphatic hydroxyl groups is 5. The van der Waals surface area contributed by atoms with Gasteiger partial charge in [-0.1, -0.05) is 42.3 Å². The van der Waals surface area contributed by atoms with Crippen molar-refractivity contribution in [1.82, 2.24) is 9.97 Å². The summed E-state index contributed by atoms with van der Waals surface area (Å²) in [4.78, 5) is 56.8. The van der Waals surface area contributed by atoms with Crippen LogP contribution in [0.1, 0.15) is 103 Å². The monoisotopic (exact) mass is 1570 g/mol. The van der Waals surface area contributed by atoms with E-state index in [0.717, 1.165) is 17.3 Å². The maximum Gasteiger partial charge on any atom is 1.00 e. The molecule has 8 N–H and O–H groups in total. The van der Waals surface area contributed by atoms with Gasteiger partial charge in [0.1, 0.15) is 73.0 Å². The van der Waals surface area contributed by atoms with Crippen LogP contribution in [0.2, 0.25) is 0 Å². The average Bonchev–Trinajstić information content (AvgIpc) is 1.65. The van der Waals surface area contributed by atoms with E-state index in [1.165, 1.54) is 59.1 Å². The second kappa shape index (κ2) is 42.7. The molecule has 20 unspecified atom stereocenters. The van der Waals surface area contributed by atoms with Crippen molar-refractivity contribution in [3.8, 4) is 0 Å². The number of aromatic nitrogens is 2. The third kappa shape index (κ3) is 29.7. The first-order valence-electron chi connectivity index (χ1n) is 31.9. The van der Waals surface area contributed by atoms with E-state index in [4.69, 9.17) is 117 Å². The van der Waals surface area contributed by atoms with Crippen molar-refractivity contribution in [3.05, 3.63) is 82.2 Å². The minimum absolute atomic E-state index is 0. The summed E-state index contributed by atoms with van der Waals surface area (Å²) in [5.41, 5.74) is 6.28. The molecule has 591 valence electrons. The number of rotatable bonds is 12. The van der Waals surface area contributed by atoms with Crippen LogP contribution in [0.3, 0.4) is 0 Å². The second-order valence-electron chi connectivity index (χ2n) is 25.2. The summed E-state index contributed by atoms with van der Waals surface area (Å²) in [7, 11) is 2.35. The number of hydrogen-bond donors (Lipinski definition) is 7. The van der Waals surface area contributed by atoms with Gasteiger partial charge in [-0.25, -0.2) is 17.6 Å². The summed E-state index contributed by atoms with van der Waals surface area (Å²) in [5, 5.41) is 44.0. The molecule has 8 aliphatic heterocycles. The molecule has 11 rings (SSSR count). The van der Waals surface area contributed by atoms with E-state index in [-0.39, 0.29) is 123 Å². The maximum atomic E-state index is 12.3. The predicted octanol–water partition coefficient (Wildman–Crippen LogP) is -1.12. The molecule has 3 aromatic rings. The van der Waals surface area contributed by atoms with Crippen molar-refractivity contribution in [2.24, 2.45) is 5.92 Å². The molecule has 0 bridgehead atoms. The third-order valence-corrected chi connectivity index (χ3v) is 18.1. The fourth-order valence-electron chi connectivity index (χ4n) is 10.5. The van der Waals surface area contributed by atoms with Gasteiger partial charge in [0, 0.05) is 74.0 Å². The predicted molar refractivity (Wildman–Crippen MR) is 359 cm³/mol. The molecule has 35 nitrogen and oxygen atoms in total. The molecule has 20 atom stereocenters. The number of aryl methyl sites for hydroxylation is 2. The number of nitrogens with one attached hydrogen (secondary N) is 1. The van der Waals surface area contributed by atoms with E-state index >= 15 is 0 Å². The Balaban J connectivity index is 0.000000619. The zero-order chi connectivity index (χ0) is 78.0. The Hall–Kier alpha value is -4.42. The Morgan fingerprint density at radius 1 is 0.590 bits per heavy atom. The summed E-state index contributed by atoms with van der Waals surface area (Å²) >= 11 is 0. The minimum Gasteiger partial charge on any atom is -1.00 e. The summed E-state index contributed by atoms with van der Waals surface area (Å²) in [6, 6.07) is 12.8. The Morgan fingerprint density at radius 2 is 0.990 bits per heavy atom. The number of fused-ring (bicyclic) bond motifs is 3. The molecular weight excluding hydrogens is 1480 g/mol. The van der Waals surface area contributed by atoms with Gasteiger partial charge in [-0.05, 0) is 93.5 Å². The SMILES string of the molecule is CC(=O)OC(C)=O.CC(=O)OC1OC(C)C(C)C1OC(C)=O.COC1OC(C)C2OC(C)(C)OC12.COC1OC(CO)C2OC(C)(C)OC12.COC1OC(COS(=O)(=O)c2ccc(C)cc2)C2OC(C)(C)OC12.Cc1ccc(S(=O)(=O)Cl)cc1.Nc1[nH]c(=O)ncc1F.OCC1OC(O)C(O)C1O.[B].[H-].[Na+]. The van der Waals surface area contributed by atoms with Crippen LogP contribution in [0.5, 0.6) is 0 Å². The summed E-state index contributed by atoms with van der Waals surface area (Å²) < 4.78 is 153.